The first kappa shape index (κ1) is 17.1. The molecule has 0 saturated carbocycles. The summed E-state index contributed by atoms with van der Waals surface area (Å²) in [4.78, 5) is 11.9. The van der Waals surface area contributed by atoms with E-state index in [1.54, 1.807) is 7.11 Å². The molecule has 0 aliphatic carbocycles. The van der Waals surface area contributed by atoms with Gasteiger partial charge in [0, 0.05) is 6.54 Å². The van der Waals surface area contributed by atoms with E-state index in [2.05, 4.69) is 30.4 Å². The van der Waals surface area contributed by atoms with Gasteiger partial charge in [0.25, 0.3) is 0 Å². The van der Waals surface area contributed by atoms with Crippen LogP contribution in [0.1, 0.15) is 30.0 Å². The molecule has 0 fully saturated rings. The Labute approximate surface area is 138 Å². The molecular formula is C20H25NO2. The van der Waals surface area contributed by atoms with Crippen molar-refractivity contribution in [2.45, 2.75) is 32.6 Å². The molecule has 0 atom stereocenters. The molecule has 0 saturated heterocycles. The Balaban J connectivity index is 1.69. The fourth-order valence-corrected chi connectivity index (χ4v) is 2.49. The van der Waals surface area contributed by atoms with E-state index in [1.807, 2.05) is 30.3 Å². The van der Waals surface area contributed by atoms with E-state index in [0.29, 0.717) is 13.0 Å². The van der Waals surface area contributed by atoms with Crippen molar-refractivity contribution in [2.75, 3.05) is 13.7 Å². The number of rotatable bonds is 8. The zero-order valence-corrected chi connectivity index (χ0v) is 14.0. The van der Waals surface area contributed by atoms with Crippen LogP contribution < -0.4 is 10.1 Å². The highest BCUT2D eigenvalue weighted by Gasteiger charge is 2.03. The molecule has 0 aromatic heterocycles. The molecule has 23 heavy (non-hydrogen) atoms. The average Bonchev–Trinajstić information content (AvgIpc) is 2.59. The zero-order valence-electron chi connectivity index (χ0n) is 14.0. The summed E-state index contributed by atoms with van der Waals surface area (Å²) in [6.45, 7) is 2.83. The summed E-state index contributed by atoms with van der Waals surface area (Å²) in [6, 6.07) is 16.3. The Hall–Kier alpha value is -2.29. The van der Waals surface area contributed by atoms with Crippen molar-refractivity contribution in [3.05, 3.63) is 65.2 Å². The summed E-state index contributed by atoms with van der Waals surface area (Å²) < 4.78 is 5.21. The lowest BCUT2D eigenvalue weighted by atomic mass is 10.1. The van der Waals surface area contributed by atoms with E-state index in [1.165, 1.54) is 11.1 Å². The fraction of sp³-hybridized carbons (Fsp3) is 0.350. The Bertz CT molecular complexity index is 620. The first-order valence-corrected chi connectivity index (χ1v) is 8.18. The van der Waals surface area contributed by atoms with Gasteiger partial charge >= 0.3 is 0 Å². The van der Waals surface area contributed by atoms with E-state index in [-0.39, 0.29) is 5.91 Å². The van der Waals surface area contributed by atoms with Gasteiger partial charge in [-0.15, -0.1) is 0 Å². The molecule has 1 N–H and O–H groups in total. The number of methoxy groups -OCH3 is 1. The van der Waals surface area contributed by atoms with Gasteiger partial charge in [0.05, 0.1) is 13.5 Å². The van der Waals surface area contributed by atoms with Gasteiger partial charge in [-0.2, -0.15) is 0 Å². The maximum Gasteiger partial charge on any atom is 0.224 e. The monoisotopic (exact) mass is 311 g/mol. The molecule has 0 aliphatic heterocycles. The highest BCUT2D eigenvalue weighted by Crippen LogP contribution is 2.13. The van der Waals surface area contributed by atoms with Crippen LogP contribution in [0.4, 0.5) is 0 Å². The molecule has 0 spiro atoms. The number of amides is 1. The minimum Gasteiger partial charge on any atom is -0.497 e. The van der Waals surface area contributed by atoms with Gasteiger partial charge < -0.3 is 10.1 Å². The second kappa shape index (κ2) is 8.99. The van der Waals surface area contributed by atoms with Gasteiger partial charge in [0.2, 0.25) is 5.91 Å². The Kier molecular flexibility index (Phi) is 6.67. The Morgan fingerprint density at radius 1 is 1.04 bits per heavy atom. The van der Waals surface area contributed by atoms with Crippen molar-refractivity contribution in [1.82, 2.24) is 5.32 Å². The molecule has 3 nitrogen and oxygen atoms in total. The summed E-state index contributed by atoms with van der Waals surface area (Å²) >= 11 is 0. The molecule has 0 heterocycles. The highest BCUT2D eigenvalue weighted by molar-refractivity contribution is 5.78. The van der Waals surface area contributed by atoms with Gasteiger partial charge in [-0.25, -0.2) is 0 Å². The van der Waals surface area contributed by atoms with Crippen molar-refractivity contribution in [3.63, 3.8) is 0 Å². The summed E-state index contributed by atoms with van der Waals surface area (Å²) in [5, 5.41) is 2.99. The standard InChI is InChI=1S/C20H25NO2/c1-3-16-9-11-18(12-10-16)15-20(22)21-13-5-7-17-6-4-8-19(14-17)23-2/h4,6,8-12,14H,3,5,7,13,15H2,1-2H3,(H,21,22). The van der Waals surface area contributed by atoms with Crippen molar-refractivity contribution in [3.8, 4) is 5.75 Å². The van der Waals surface area contributed by atoms with Gasteiger partial charge in [-0.3, -0.25) is 4.79 Å². The van der Waals surface area contributed by atoms with Crippen molar-refractivity contribution in [1.29, 1.82) is 0 Å². The Morgan fingerprint density at radius 2 is 1.78 bits per heavy atom. The molecule has 2 rings (SSSR count). The van der Waals surface area contributed by atoms with Crippen molar-refractivity contribution < 1.29 is 9.53 Å². The SMILES string of the molecule is CCc1ccc(CC(=O)NCCCc2cccc(OC)c2)cc1. The summed E-state index contributed by atoms with van der Waals surface area (Å²) in [5.74, 6) is 0.960. The second-order valence-electron chi connectivity index (χ2n) is 5.65. The molecule has 0 bridgehead atoms. The zero-order chi connectivity index (χ0) is 16.5. The van der Waals surface area contributed by atoms with Gasteiger partial charge in [0.1, 0.15) is 5.75 Å². The number of aryl methyl sites for hydroxylation is 2. The third kappa shape index (κ3) is 5.78. The van der Waals surface area contributed by atoms with Crippen LogP contribution >= 0.6 is 0 Å². The maximum atomic E-state index is 11.9. The number of benzene rings is 2. The van der Waals surface area contributed by atoms with Gasteiger partial charge in [-0.1, -0.05) is 43.3 Å². The topological polar surface area (TPSA) is 38.3 Å². The van der Waals surface area contributed by atoms with E-state index in [4.69, 9.17) is 4.74 Å². The first-order valence-electron chi connectivity index (χ1n) is 8.18. The minimum atomic E-state index is 0.0832. The highest BCUT2D eigenvalue weighted by atomic mass is 16.5. The average molecular weight is 311 g/mol. The molecule has 2 aromatic carbocycles. The van der Waals surface area contributed by atoms with E-state index >= 15 is 0 Å². The summed E-state index contributed by atoms with van der Waals surface area (Å²) in [6.07, 6.45) is 3.33. The smallest absolute Gasteiger partial charge is 0.224 e. The fourth-order valence-electron chi connectivity index (χ4n) is 2.49. The van der Waals surface area contributed by atoms with Crippen LogP contribution in [-0.4, -0.2) is 19.6 Å². The third-order valence-corrected chi connectivity index (χ3v) is 3.89. The van der Waals surface area contributed by atoms with Crippen LogP contribution in [0.5, 0.6) is 5.75 Å². The summed E-state index contributed by atoms with van der Waals surface area (Å²) in [7, 11) is 1.67. The molecule has 122 valence electrons. The maximum absolute atomic E-state index is 11.9. The van der Waals surface area contributed by atoms with Crippen molar-refractivity contribution >= 4 is 5.91 Å². The second-order valence-corrected chi connectivity index (χ2v) is 5.65. The number of hydrogen-bond donors (Lipinski definition) is 1. The third-order valence-electron chi connectivity index (χ3n) is 3.89. The summed E-state index contributed by atoms with van der Waals surface area (Å²) in [5.41, 5.74) is 3.59. The molecule has 1 amide bonds. The lowest BCUT2D eigenvalue weighted by Crippen LogP contribution is -2.26. The number of nitrogens with one attached hydrogen (secondary N) is 1. The lowest BCUT2D eigenvalue weighted by molar-refractivity contribution is -0.120. The quantitative estimate of drug-likeness (QED) is 0.757. The first-order chi connectivity index (χ1) is 11.2. The number of hydrogen-bond acceptors (Lipinski definition) is 2. The molecule has 0 unspecified atom stereocenters. The van der Waals surface area contributed by atoms with Crippen LogP contribution in [0.2, 0.25) is 0 Å². The van der Waals surface area contributed by atoms with Crippen LogP contribution in [0, 0.1) is 0 Å². The van der Waals surface area contributed by atoms with Gasteiger partial charge in [-0.05, 0) is 48.1 Å². The van der Waals surface area contributed by atoms with E-state index in [0.717, 1.165) is 30.6 Å². The largest absolute Gasteiger partial charge is 0.497 e. The van der Waals surface area contributed by atoms with Crippen LogP contribution in [-0.2, 0) is 24.1 Å². The van der Waals surface area contributed by atoms with E-state index < -0.39 is 0 Å². The number of ether oxygens (including phenoxy) is 1. The molecule has 2 aromatic rings. The molecule has 0 radical (unpaired) electrons. The molecule has 3 heteroatoms. The number of carbonyl (C=O) groups excluding carboxylic acids is 1. The normalized spacial score (nSPS) is 10.3. The van der Waals surface area contributed by atoms with Crippen LogP contribution in [0.3, 0.4) is 0 Å². The number of carbonyl (C=O) groups is 1. The minimum absolute atomic E-state index is 0.0832. The molecular weight excluding hydrogens is 286 g/mol. The van der Waals surface area contributed by atoms with Gasteiger partial charge in [0.15, 0.2) is 0 Å². The van der Waals surface area contributed by atoms with Crippen LogP contribution in [0.25, 0.3) is 0 Å². The molecule has 0 aliphatic rings. The Morgan fingerprint density at radius 3 is 2.48 bits per heavy atom. The predicted molar refractivity (Wildman–Crippen MR) is 93.8 cm³/mol. The van der Waals surface area contributed by atoms with Crippen LogP contribution in [0.15, 0.2) is 48.5 Å². The van der Waals surface area contributed by atoms with Crippen molar-refractivity contribution in [2.24, 2.45) is 0 Å². The van der Waals surface area contributed by atoms with E-state index in [9.17, 15) is 4.79 Å². The lowest BCUT2D eigenvalue weighted by Gasteiger charge is -2.07. The predicted octanol–water partition coefficient (Wildman–Crippen LogP) is 3.55.